The van der Waals surface area contributed by atoms with Gasteiger partial charge in [0.15, 0.2) is 0 Å². The van der Waals surface area contributed by atoms with Crippen LogP contribution in [0.3, 0.4) is 0 Å². The number of ether oxygens (including phenoxy) is 1. The molecule has 1 heterocycles. The second-order valence-corrected chi connectivity index (χ2v) is 4.39. The molecule has 6 nitrogen and oxygen atoms in total. The number of hydrogen-bond acceptors (Lipinski definition) is 5. The summed E-state index contributed by atoms with van der Waals surface area (Å²) in [5.74, 6) is -1.28. The zero-order valence-corrected chi connectivity index (χ0v) is 10.2. The van der Waals surface area contributed by atoms with E-state index in [2.05, 4.69) is 15.0 Å². The zero-order valence-electron chi connectivity index (χ0n) is 9.38. The van der Waals surface area contributed by atoms with Crippen molar-refractivity contribution < 1.29 is 19.4 Å². The van der Waals surface area contributed by atoms with Crippen LogP contribution in [0.5, 0.6) is 0 Å². The summed E-state index contributed by atoms with van der Waals surface area (Å²) in [7, 11) is 0. The number of nitrogens with one attached hydrogen (secondary N) is 1. The summed E-state index contributed by atoms with van der Waals surface area (Å²) in [6.45, 7) is 1.71. The van der Waals surface area contributed by atoms with Gasteiger partial charge in [0.2, 0.25) is 5.91 Å². The van der Waals surface area contributed by atoms with E-state index in [0.717, 1.165) is 5.01 Å². The van der Waals surface area contributed by atoms with Crippen molar-refractivity contribution in [3.05, 3.63) is 16.6 Å². The minimum atomic E-state index is -1.09. The first-order chi connectivity index (χ1) is 8.09. The summed E-state index contributed by atoms with van der Waals surface area (Å²) < 4.78 is 4.66. The van der Waals surface area contributed by atoms with Gasteiger partial charge in [0.05, 0.1) is 5.01 Å². The van der Waals surface area contributed by atoms with Gasteiger partial charge in [-0.25, -0.2) is 9.78 Å². The van der Waals surface area contributed by atoms with Gasteiger partial charge in [0.25, 0.3) is 0 Å². The molecule has 0 spiro atoms. The molecular formula is C10H14N2O4S. The normalized spacial score (nSPS) is 12.1. The molecule has 1 unspecified atom stereocenters. The summed E-state index contributed by atoms with van der Waals surface area (Å²) in [6, 6.07) is 0. The first kappa shape index (κ1) is 13.6. The lowest BCUT2D eigenvalue weighted by molar-refractivity contribution is -0.143. The van der Waals surface area contributed by atoms with Gasteiger partial charge in [-0.3, -0.25) is 4.79 Å². The van der Waals surface area contributed by atoms with Gasteiger partial charge in [0, 0.05) is 24.0 Å². The number of amides is 1. The van der Waals surface area contributed by atoms with Crippen LogP contribution in [0, 0.1) is 0 Å². The van der Waals surface area contributed by atoms with E-state index in [1.54, 1.807) is 6.20 Å². The predicted octanol–water partition coefficient (Wildman–Crippen LogP) is 0.464. The van der Waals surface area contributed by atoms with E-state index < -0.39 is 12.6 Å². The second kappa shape index (κ2) is 6.97. The van der Waals surface area contributed by atoms with E-state index in [4.69, 9.17) is 5.11 Å². The average Bonchev–Trinajstić information content (AvgIpc) is 2.78. The molecule has 1 aromatic heterocycles. The van der Waals surface area contributed by atoms with Crippen LogP contribution in [-0.4, -0.2) is 41.7 Å². The summed E-state index contributed by atoms with van der Waals surface area (Å²) in [5.41, 5.74) is 0. The van der Waals surface area contributed by atoms with Gasteiger partial charge in [-0.15, -0.1) is 11.3 Å². The van der Waals surface area contributed by atoms with Gasteiger partial charge in [0.1, 0.15) is 13.2 Å². The third kappa shape index (κ3) is 5.41. The topological polar surface area (TPSA) is 88.5 Å². The highest BCUT2D eigenvalue weighted by Crippen LogP contribution is 2.16. The number of carboxylic acids is 1. The molecule has 94 valence electrons. The van der Waals surface area contributed by atoms with Crippen molar-refractivity contribution in [1.29, 1.82) is 0 Å². The molecule has 2 N–H and O–H groups in total. The quantitative estimate of drug-likeness (QED) is 0.742. The number of carbonyl (C=O) groups excluding carboxylic acids is 1. The van der Waals surface area contributed by atoms with Crippen LogP contribution in [0.15, 0.2) is 11.6 Å². The van der Waals surface area contributed by atoms with Gasteiger partial charge < -0.3 is 15.2 Å². The molecule has 0 saturated heterocycles. The van der Waals surface area contributed by atoms with Crippen LogP contribution in [-0.2, 0) is 14.3 Å². The van der Waals surface area contributed by atoms with Crippen LogP contribution in [0.25, 0.3) is 0 Å². The maximum atomic E-state index is 11.3. The third-order valence-corrected chi connectivity index (χ3v) is 2.94. The van der Waals surface area contributed by atoms with Gasteiger partial charge >= 0.3 is 5.97 Å². The van der Waals surface area contributed by atoms with Gasteiger partial charge in [-0.2, -0.15) is 0 Å². The number of hydrogen-bond donors (Lipinski definition) is 2. The van der Waals surface area contributed by atoms with E-state index in [1.807, 2.05) is 12.3 Å². The first-order valence-electron chi connectivity index (χ1n) is 5.05. The summed E-state index contributed by atoms with van der Waals surface area (Å²) in [4.78, 5) is 25.5. The van der Waals surface area contributed by atoms with Gasteiger partial charge in [-0.1, -0.05) is 6.92 Å². The predicted molar refractivity (Wildman–Crippen MR) is 62.0 cm³/mol. The smallest absolute Gasteiger partial charge is 0.329 e. The Kier molecular flexibility index (Phi) is 5.58. The number of aliphatic carboxylic acids is 1. The fourth-order valence-corrected chi connectivity index (χ4v) is 1.81. The van der Waals surface area contributed by atoms with Gasteiger partial charge in [-0.05, 0) is 0 Å². The van der Waals surface area contributed by atoms with Crippen molar-refractivity contribution >= 4 is 23.2 Å². The number of thiazole rings is 1. The molecule has 0 aromatic carbocycles. The first-order valence-corrected chi connectivity index (χ1v) is 5.93. The molecule has 1 amide bonds. The van der Waals surface area contributed by atoms with Crippen LogP contribution in [0.4, 0.5) is 0 Å². The molecular weight excluding hydrogens is 244 g/mol. The molecule has 1 aromatic rings. The minimum Gasteiger partial charge on any atom is -0.480 e. The number of carboxylic acid groups (broad SMARTS) is 1. The summed E-state index contributed by atoms with van der Waals surface area (Å²) >= 11 is 1.53. The van der Waals surface area contributed by atoms with Crippen LogP contribution < -0.4 is 5.32 Å². The number of nitrogens with zero attached hydrogens (tertiary/aromatic N) is 1. The summed E-state index contributed by atoms with van der Waals surface area (Å²) in [5, 5.41) is 13.8. The van der Waals surface area contributed by atoms with E-state index in [-0.39, 0.29) is 18.4 Å². The maximum absolute atomic E-state index is 11.3. The highest BCUT2D eigenvalue weighted by Gasteiger charge is 2.10. The Hall–Kier alpha value is -1.47. The van der Waals surface area contributed by atoms with Crippen molar-refractivity contribution in [2.24, 2.45) is 0 Å². The van der Waals surface area contributed by atoms with Crippen molar-refractivity contribution in [3.8, 4) is 0 Å². The van der Waals surface area contributed by atoms with Crippen LogP contribution >= 0.6 is 11.3 Å². The maximum Gasteiger partial charge on any atom is 0.329 e. The number of aromatic nitrogens is 1. The monoisotopic (exact) mass is 258 g/mol. The molecule has 1 atom stereocenters. The lowest BCUT2D eigenvalue weighted by Crippen LogP contribution is -2.31. The average molecular weight is 258 g/mol. The van der Waals surface area contributed by atoms with Crippen molar-refractivity contribution in [2.75, 3.05) is 19.8 Å². The Labute approximate surface area is 103 Å². The van der Waals surface area contributed by atoms with Crippen molar-refractivity contribution in [2.45, 2.75) is 12.8 Å². The van der Waals surface area contributed by atoms with E-state index in [0.29, 0.717) is 6.54 Å². The molecule has 0 bridgehead atoms. The van der Waals surface area contributed by atoms with Crippen LogP contribution in [0.1, 0.15) is 17.8 Å². The Morgan fingerprint density at radius 2 is 2.35 bits per heavy atom. The molecule has 0 aliphatic carbocycles. The molecule has 0 saturated carbocycles. The van der Waals surface area contributed by atoms with Crippen molar-refractivity contribution in [3.63, 3.8) is 0 Å². The molecule has 1 rings (SSSR count). The lowest BCUT2D eigenvalue weighted by Gasteiger charge is -2.09. The van der Waals surface area contributed by atoms with E-state index in [9.17, 15) is 9.59 Å². The Morgan fingerprint density at radius 1 is 1.59 bits per heavy atom. The number of carbonyl (C=O) groups is 2. The van der Waals surface area contributed by atoms with Crippen LogP contribution in [0.2, 0.25) is 0 Å². The molecule has 17 heavy (non-hydrogen) atoms. The standard InChI is InChI=1S/C10H14N2O4S/c1-7(10-11-2-3-17-10)4-12-8(13)5-16-6-9(14)15/h2-3,7H,4-6H2,1H3,(H,12,13)(H,14,15). The Balaban J connectivity index is 2.17. The fraction of sp³-hybridized carbons (Fsp3) is 0.500. The molecule has 7 heteroatoms. The van der Waals surface area contributed by atoms with Crippen molar-refractivity contribution in [1.82, 2.24) is 10.3 Å². The Bertz CT molecular complexity index is 366. The zero-order chi connectivity index (χ0) is 12.7. The molecule has 0 aliphatic heterocycles. The molecule has 0 aliphatic rings. The fourth-order valence-electron chi connectivity index (χ4n) is 1.11. The second-order valence-electron chi connectivity index (χ2n) is 3.46. The minimum absolute atomic E-state index is 0.137. The highest BCUT2D eigenvalue weighted by molar-refractivity contribution is 7.09. The third-order valence-electron chi connectivity index (χ3n) is 1.94. The molecule has 0 fully saturated rings. The SMILES string of the molecule is CC(CNC(=O)COCC(=O)O)c1nccs1. The largest absolute Gasteiger partial charge is 0.480 e. The summed E-state index contributed by atoms with van der Waals surface area (Å²) in [6.07, 6.45) is 1.72. The number of rotatable bonds is 7. The van der Waals surface area contributed by atoms with E-state index in [1.165, 1.54) is 11.3 Å². The van der Waals surface area contributed by atoms with E-state index >= 15 is 0 Å². The highest BCUT2D eigenvalue weighted by atomic mass is 32.1. The lowest BCUT2D eigenvalue weighted by atomic mass is 10.2. The molecule has 0 radical (unpaired) electrons. The Morgan fingerprint density at radius 3 is 2.94 bits per heavy atom.